The fraction of sp³-hybridized carbons (Fsp3) is 0.400. The minimum absolute atomic E-state index is 0.0511. The molecule has 174 valence electrons. The molecule has 1 saturated heterocycles. The number of nitrogens with one attached hydrogen (secondary N) is 1. The number of aliphatic carboxylic acids is 1. The largest absolute Gasteiger partial charge is 0.481 e. The maximum absolute atomic E-state index is 12.9. The second-order valence-electron chi connectivity index (χ2n) is 8.39. The molecular weight excluding hydrogens is 424 g/mol. The Bertz CT molecular complexity index is 1010. The molecule has 2 amide bonds. The molecule has 8 heteroatoms. The van der Waals surface area contributed by atoms with Crippen LogP contribution in [0.2, 0.25) is 0 Å². The molecule has 2 N–H and O–H groups in total. The lowest BCUT2D eigenvalue weighted by Gasteiger charge is -2.23. The van der Waals surface area contributed by atoms with Crippen LogP contribution in [-0.2, 0) is 19.1 Å². The van der Waals surface area contributed by atoms with E-state index < -0.39 is 30.1 Å². The Kier molecular flexibility index (Phi) is 6.65. The van der Waals surface area contributed by atoms with Crippen LogP contribution in [0.15, 0.2) is 48.5 Å². The van der Waals surface area contributed by atoms with Crippen molar-refractivity contribution in [2.24, 2.45) is 5.92 Å². The molecule has 0 radical (unpaired) electrons. The molecule has 2 aliphatic rings. The zero-order chi connectivity index (χ0) is 23.5. The lowest BCUT2D eigenvalue weighted by Crippen LogP contribution is -2.48. The molecule has 1 aliphatic heterocycles. The molecule has 1 aliphatic carbocycles. The number of ether oxygens (including phenoxy) is 2. The highest BCUT2D eigenvalue weighted by Crippen LogP contribution is 2.44. The molecule has 0 saturated carbocycles. The number of carbonyl (C=O) groups is 3. The number of likely N-dealkylation sites (tertiary alicyclic amines) is 1. The van der Waals surface area contributed by atoms with Crippen molar-refractivity contribution >= 4 is 18.0 Å². The SMILES string of the molecule is CCC(NC(=O)OCC1c2ccccc2-c2ccccc21)C(=O)N1CC(OC)C(C(=O)O)C1. The van der Waals surface area contributed by atoms with Crippen molar-refractivity contribution in [3.05, 3.63) is 59.7 Å². The van der Waals surface area contributed by atoms with Gasteiger partial charge >= 0.3 is 12.1 Å². The second kappa shape index (κ2) is 9.62. The van der Waals surface area contributed by atoms with E-state index in [9.17, 15) is 19.5 Å². The Labute approximate surface area is 192 Å². The van der Waals surface area contributed by atoms with Gasteiger partial charge < -0.3 is 24.8 Å². The van der Waals surface area contributed by atoms with E-state index in [-0.39, 0.29) is 31.5 Å². The van der Waals surface area contributed by atoms with Gasteiger partial charge in [0.15, 0.2) is 0 Å². The highest BCUT2D eigenvalue weighted by molar-refractivity contribution is 5.87. The number of carboxylic acids is 1. The average molecular weight is 453 g/mol. The summed E-state index contributed by atoms with van der Waals surface area (Å²) in [5.41, 5.74) is 4.49. The van der Waals surface area contributed by atoms with Gasteiger partial charge in [-0.25, -0.2) is 4.79 Å². The summed E-state index contributed by atoms with van der Waals surface area (Å²) in [6.45, 7) is 2.16. The first-order valence-corrected chi connectivity index (χ1v) is 11.1. The first kappa shape index (κ1) is 22.8. The summed E-state index contributed by atoms with van der Waals surface area (Å²) in [5.74, 6) is -2.20. The van der Waals surface area contributed by atoms with Gasteiger partial charge in [-0.05, 0) is 28.7 Å². The quantitative estimate of drug-likeness (QED) is 0.669. The summed E-state index contributed by atoms with van der Waals surface area (Å²) in [5, 5.41) is 12.0. The minimum atomic E-state index is -1.00. The molecule has 8 nitrogen and oxygen atoms in total. The highest BCUT2D eigenvalue weighted by Gasteiger charge is 2.41. The van der Waals surface area contributed by atoms with Crippen molar-refractivity contribution in [1.82, 2.24) is 10.2 Å². The molecule has 3 atom stereocenters. The van der Waals surface area contributed by atoms with Gasteiger partial charge in [0.2, 0.25) is 5.91 Å². The monoisotopic (exact) mass is 452 g/mol. The molecule has 3 unspecified atom stereocenters. The van der Waals surface area contributed by atoms with Gasteiger partial charge in [-0.3, -0.25) is 9.59 Å². The van der Waals surface area contributed by atoms with E-state index >= 15 is 0 Å². The van der Waals surface area contributed by atoms with Gasteiger partial charge in [-0.1, -0.05) is 55.5 Å². The van der Waals surface area contributed by atoms with E-state index in [1.54, 1.807) is 6.92 Å². The Balaban J connectivity index is 1.38. The second-order valence-corrected chi connectivity index (χ2v) is 8.39. The fourth-order valence-corrected chi connectivity index (χ4v) is 4.77. The van der Waals surface area contributed by atoms with Crippen LogP contribution in [0.5, 0.6) is 0 Å². The number of benzene rings is 2. The molecule has 2 aromatic carbocycles. The van der Waals surface area contributed by atoms with E-state index in [4.69, 9.17) is 9.47 Å². The van der Waals surface area contributed by atoms with E-state index in [0.717, 1.165) is 22.3 Å². The van der Waals surface area contributed by atoms with Gasteiger partial charge in [0, 0.05) is 26.1 Å². The molecule has 0 aromatic heterocycles. The Hall–Kier alpha value is -3.39. The van der Waals surface area contributed by atoms with Gasteiger partial charge in [0.1, 0.15) is 18.6 Å². The van der Waals surface area contributed by atoms with Crippen LogP contribution in [0.3, 0.4) is 0 Å². The molecular formula is C25H28N2O6. The van der Waals surface area contributed by atoms with Crippen LogP contribution in [0.1, 0.15) is 30.4 Å². The first-order valence-electron chi connectivity index (χ1n) is 11.1. The number of hydrogen-bond acceptors (Lipinski definition) is 5. The first-order chi connectivity index (χ1) is 15.9. The molecule has 0 spiro atoms. The normalized spacial score (nSPS) is 20.1. The summed E-state index contributed by atoms with van der Waals surface area (Å²) in [6.07, 6.45) is -0.887. The summed E-state index contributed by atoms with van der Waals surface area (Å²) in [6, 6.07) is 15.3. The van der Waals surface area contributed by atoms with Crippen LogP contribution in [0.4, 0.5) is 4.79 Å². The van der Waals surface area contributed by atoms with Crippen molar-refractivity contribution < 1.29 is 29.0 Å². The Morgan fingerprint density at radius 3 is 2.18 bits per heavy atom. The predicted molar refractivity (Wildman–Crippen MR) is 121 cm³/mol. The van der Waals surface area contributed by atoms with Gasteiger partial charge in [0.25, 0.3) is 0 Å². The van der Waals surface area contributed by atoms with E-state index in [1.165, 1.54) is 12.0 Å². The van der Waals surface area contributed by atoms with Crippen LogP contribution in [-0.4, -0.2) is 66.9 Å². The van der Waals surface area contributed by atoms with E-state index in [0.29, 0.717) is 6.42 Å². The van der Waals surface area contributed by atoms with Crippen molar-refractivity contribution in [2.45, 2.75) is 31.4 Å². The molecule has 2 aromatic rings. The number of carbonyl (C=O) groups excluding carboxylic acids is 2. The van der Waals surface area contributed by atoms with Gasteiger partial charge in [-0.2, -0.15) is 0 Å². The van der Waals surface area contributed by atoms with Crippen molar-refractivity contribution in [2.75, 3.05) is 26.8 Å². The third-order valence-electron chi connectivity index (χ3n) is 6.54. The van der Waals surface area contributed by atoms with Gasteiger partial charge in [0.05, 0.1) is 6.10 Å². The third kappa shape index (κ3) is 4.43. The van der Waals surface area contributed by atoms with E-state index in [2.05, 4.69) is 17.4 Å². The van der Waals surface area contributed by atoms with Crippen LogP contribution in [0, 0.1) is 5.92 Å². The lowest BCUT2D eigenvalue weighted by atomic mass is 9.98. The Morgan fingerprint density at radius 2 is 1.67 bits per heavy atom. The number of carboxylic acid groups (broad SMARTS) is 1. The predicted octanol–water partition coefficient (Wildman–Crippen LogP) is 2.86. The summed E-state index contributed by atoms with van der Waals surface area (Å²) >= 11 is 0. The molecule has 1 heterocycles. The number of hydrogen-bond donors (Lipinski definition) is 2. The zero-order valence-electron chi connectivity index (χ0n) is 18.7. The van der Waals surface area contributed by atoms with Crippen molar-refractivity contribution in [3.63, 3.8) is 0 Å². The van der Waals surface area contributed by atoms with Gasteiger partial charge in [-0.15, -0.1) is 0 Å². The van der Waals surface area contributed by atoms with Crippen molar-refractivity contribution in [3.8, 4) is 11.1 Å². The number of amides is 2. The number of rotatable bonds is 7. The molecule has 33 heavy (non-hydrogen) atoms. The summed E-state index contributed by atoms with van der Waals surface area (Å²) in [7, 11) is 1.43. The zero-order valence-corrected chi connectivity index (χ0v) is 18.7. The number of alkyl carbamates (subject to hydrolysis) is 1. The number of fused-ring (bicyclic) bond motifs is 3. The molecule has 0 bridgehead atoms. The van der Waals surface area contributed by atoms with Crippen LogP contribution in [0.25, 0.3) is 11.1 Å². The fourth-order valence-electron chi connectivity index (χ4n) is 4.77. The highest BCUT2D eigenvalue weighted by atomic mass is 16.5. The van der Waals surface area contributed by atoms with E-state index in [1.807, 2.05) is 36.4 Å². The van der Waals surface area contributed by atoms with Crippen LogP contribution >= 0.6 is 0 Å². The Morgan fingerprint density at radius 1 is 1.06 bits per heavy atom. The maximum atomic E-state index is 12.9. The molecule has 4 rings (SSSR count). The maximum Gasteiger partial charge on any atom is 0.407 e. The summed E-state index contributed by atoms with van der Waals surface area (Å²) in [4.78, 5) is 38.4. The standard InChI is InChI=1S/C25H28N2O6/c1-3-21(23(28)27-12-19(24(29)30)22(13-27)32-2)26-25(31)33-14-20-17-10-6-4-8-15(17)16-9-5-7-11-18(16)20/h4-11,19-22H,3,12-14H2,1-2H3,(H,26,31)(H,29,30). The van der Waals surface area contributed by atoms with Crippen LogP contribution < -0.4 is 5.32 Å². The van der Waals surface area contributed by atoms with Crippen molar-refractivity contribution in [1.29, 1.82) is 0 Å². The molecule has 1 fully saturated rings. The lowest BCUT2D eigenvalue weighted by molar-refractivity contribution is -0.144. The number of methoxy groups -OCH3 is 1. The summed E-state index contributed by atoms with van der Waals surface area (Å²) < 4.78 is 10.8. The third-order valence-corrected chi connectivity index (χ3v) is 6.54. The topological polar surface area (TPSA) is 105 Å². The average Bonchev–Trinajstić information content (AvgIpc) is 3.40. The smallest absolute Gasteiger partial charge is 0.407 e. The number of nitrogens with zero attached hydrogens (tertiary/aromatic N) is 1. The minimum Gasteiger partial charge on any atom is -0.481 e.